The highest BCUT2D eigenvalue weighted by molar-refractivity contribution is 6.37. The molecule has 132 valence electrons. The van der Waals surface area contributed by atoms with E-state index >= 15 is 0 Å². The number of pyridine rings is 1. The number of benzene rings is 2. The van der Waals surface area contributed by atoms with Gasteiger partial charge in [-0.05, 0) is 30.3 Å². The van der Waals surface area contributed by atoms with Gasteiger partial charge in [-0.15, -0.1) is 4.91 Å². The summed E-state index contributed by atoms with van der Waals surface area (Å²) in [6, 6.07) is 10.2. The largest absolute Gasteiger partial charge is 0.281 e. The Morgan fingerprint density at radius 3 is 2.27 bits per heavy atom. The summed E-state index contributed by atoms with van der Waals surface area (Å²) < 4.78 is 14.5. The van der Waals surface area contributed by atoms with Crippen LogP contribution >= 0.6 is 34.8 Å². The third-order valence-electron chi connectivity index (χ3n) is 3.79. The van der Waals surface area contributed by atoms with E-state index in [0.717, 1.165) is 6.07 Å². The van der Waals surface area contributed by atoms with Crippen LogP contribution in [0.3, 0.4) is 0 Å². The number of para-hydroxylation sites is 1. The van der Waals surface area contributed by atoms with Crippen LogP contribution in [-0.2, 0) is 0 Å². The van der Waals surface area contributed by atoms with E-state index in [0.29, 0.717) is 11.1 Å². The lowest BCUT2D eigenvalue weighted by atomic mass is 10.0. The fourth-order valence-corrected chi connectivity index (χ4v) is 3.43. The number of halogens is 4. The zero-order chi connectivity index (χ0) is 18.8. The van der Waals surface area contributed by atoms with Crippen LogP contribution in [0.5, 0.6) is 0 Å². The predicted molar refractivity (Wildman–Crippen MR) is 101 cm³/mol. The molecule has 0 N–H and O–H groups in total. The SMILES string of the molecule is O=NC(c1ccc(=O)n(-c2c(Cl)cccc2Cl)c1)c1ccc(F)cc1Cl. The Morgan fingerprint density at radius 2 is 1.65 bits per heavy atom. The van der Waals surface area contributed by atoms with Crippen LogP contribution in [0.25, 0.3) is 5.69 Å². The van der Waals surface area contributed by atoms with Gasteiger partial charge < -0.3 is 0 Å². The lowest BCUT2D eigenvalue weighted by Crippen LogP contribution is -2.18. The zero-order valence-electron chi connectivity index (χ0n) is 13.0. The second-order valence-corrected chi connectivity index (χ2v) is 6.64. The fraction of sp³-hybridized carbons (Fsp3) is 0.0556. The zero-order valence-corrected chi connectivity index (χ0v) is 15.3. The molecule has 0 amide bonds. The molecule has 0 saturated carbocycles. The van der Waals surface area contributed by atoms with Crippen LogP contribution in [0.15, 0.2) is 64.7 Å². The van der Waals surface area contributed by atoms with Gasteiger partial charge in [-0.1, -0.05) is 52.1 Å². The molecule has 2 aromatic carbocycles. The Balaban J connectivity index is 2.17. The molecule has 3 aromatic rings. The number of hydrogen-bond donors (Lipinski definition) is 0. The van der Waals surface area contributed by atoms with Crippen LogP contribution in [0, 0.1) is 10.7 Å². The number of rotatable bonds is 4. The quantitative estimate of drug-likeness (QED) is 0.510. The van der Waals surface area contributed by atoms with Crippen molar-refractivity contribution in [1.29, 1.82) is 0 Å². The minimum absolute atomic E-state index is 0.0584. The van der Waals surface area contributed by atoms with Crippen molar-refractivity contribution < 1.29 is 4.39 Å². The molecule has 3 rings (SSSR count). The number of nitroso groups, excluding NO2 is 1. The van der Waals surface area contributed by atoms with Crippen molar-refractivity contribution >= 4 is 34.8 Å². The van der Waals surface area contributed by atoms with Crippen molar-refractivity contribution in [1.82, 2.24) is 4.57 Å². The molecule has 0 saturated heterocycles. The first-order valence-electron chi connectivity index (χ1n) is 7.36. The summed E-state index contributed by atoms with van der Waals surface area (Å²) in [5, 5.41) is 3.69. The van der Waals surface area contributed by atoms with Crippen LogP contribution < -0.4 is 5.56 Å². The molecule has 1 unspecified atom stereocenters. The topological polar surface area (TPSA) is 51.4 Å². The van der Waals surface area contributed by atoms with Crippen LogP contribution in [0.1, 0.15) is 17.2 Å². The summed E-state index contributed by atoms with van der Waals surface area (Å²) in [6.07, 6.45) is 1.42. The van der Waals surface area contributed by atoms with Gasteiger partial charge in [0.25, 0.3) is 5.56 Å². The maximum Gasteiger partial charge on any atom is 0.255 e. The first-order valence-corrected chi connectivity index (χ1v) is 8.50. The van der Waals surface area contributed by atoms with E-state index in [1.165, 1.54) is 35.0 Å². The Kier molecular flexibility index (Phi) is 5.41. The molecule has 0 aliphatic rings. The van der Waals surface area contributed by atoms with Gasteiger partial charge in [0, 0.05) is 28.4 Å². The second-order valence-electron chi connectivity index (χ2n) is 5.41. The highest BCUT2D eigenvalue weighted by Crippen LogP contribution is 2.33. The fourth-order valence-electron chi connectivity index (χ4n) is 2.58. The van der Waals surface area contributed by atoms with Crippen molar-refractivity contribution in [2.24, 2.45) is 5.18 Å². The summed E-state index contributed by atoms with van der Waals surface area (Å²) in [6.45, 7) is 0. The maximum absolute atomic E-state index is 13.3. The molecule has 1 atom stereocenters. The van der Waals surface area contributed by atoms with Gasteiger partial charge in [-0.3, -0.25) is 9.36 Å². The van der Waals surface area contributed by atoms with Crippen LogP contribution in [0.4, 0.5) is 4.39 Å². The minimum atomic E-state index is -1.03. The lowest BCUT2D eigenvalue weighted by molar-refractivity contribution is 0.626. The molecule has 0 radical (unpaired) electrons. The summed E-state index contributed by atoms with van der Waals surface area (Å²) in [5.74, 6) is -0.531. The number of aromatic nitrogens is 1. The molecule has 0 aliphatic heterocycles. The number of hydrogen-bond acceptors (Lipinski definition) is 3. The average Bonchev–Trinajstić information content (AvgIpc) is 2.59. The van der Waals surface area contributed by atoms with Crippen molar-refractivity contribution in [3.05, 3.63) is 102 Å². The maximum atomic E-state index is 13.3. The van der Waals surface area contributed by atoms with E-state index in [2.05, 4.69) is 5.18 Å². The van der Waals surface area contributed by atoms with E-state index in [-0.39, 0.29) is 20.8 Å². The molecule has 0 fully saturated rings. The van der Waals surface area contributed by atoms with Crippen LogP contribution in [0.2, 0.25) is 15.1 Å². The Morgan fingerprint density at radius 1 is 0.962 bits per heavy atom. The molecule has 1 aromatic heterocycles. The molecular weight excluding hydrogens is 402 g/mol. The highest BCUT2D eigenvalue weighted by atomic mass is 35.5. The molecule has 26 heavy (non-hydrogen) atoms. The summed E-state index contributed by atoms with van der Waals surface area (Å²) in [7, 11) is 0. The second kappa shape index (κ2) is 7.58. The van der Waals surface area contributed by atoms with Crippen LogP contribution in [-0.4, -0.2) is 4.57 Å². The average molecular weight is 412 g/mol. The smallest absolute Gasteiger partial charge is 0.255 e. The summed E-state index contributed by atoms with van der Waals surface area (Å²) >= 11 is 18.4. The lowest BCUT2D eigenvalue weighted by Gasteiger charge is -2.15. The third kappa shape index (κ3) is 3.51. The third-order valence-corrected chi connectivity index (χ3v) is 4.73. The van der Waals surface area contributed by atoms with Crippen molar-refractivity contribution in [2.75, 3.05) is 0 Å². The van der Waals surface area contributed by atoms with Crippen molar-refractivity contribution in [3.63, 3.8) is 0 Å². The molecule has 8 heteroatoms. The Hall–Kier alpha value is -2.21. The van der Waals surface area contributed by atoms with Gasteiger partial charge in [0.1, 0.15) is 11.9 Å². The molecule has 0 aliphatic carbocycles. The van der Waals surface area contributed by atoms with E-state index in [4.69, 9.17) is 34.8 Å². The summed E-state index contributed by atoms with van der Waals surface area (Å²) in [4.78, 5) is 23.8. The summed E-state index contributed by atoms with van der Waals surface area (Å²) in [5.41, 5.74) is 0.596. The predicted octanol–water partition coefficient (Wildman–Crippen LogP) is 5.79. The van der Waals surface area contributed by atoms with Gasteiger partial charge in [0.15, 0.2) is 0 Å². The molecule has 4 nitrogen and oxygen atoms in total. The molecule has 0 spiro atoms. The molecular formula is C18H10Cl3FN2O2. The number of nitrogens with zero attached hydrogens (tertiary/aromatic N) is 2. The molecule has 1 heterocycles. The normalized spacial score (nSPS) is 12.0. The first-order chi connectivity index (χ1) is 12.4. The Bertz CT molecular complexity index is 1030. The van der Waals surface area contributed by atoms with Gasteiger partial charge in [0.2, 0.25) is 0 Å². The first kappa shape index (κ1) is 18.6. The highest BCUT2D eigenvalue weighted by Gasteiger charge is 2.20. The monoisotopic (exact) mass is 410 g/mol. The van der Waals surface area contributed by atoms with E-state index in [1.807, 2.05) is 0 Å². The van der Waals surface area contributed by atoms with E-state index in [1.54, 1.807) is 18.2 Å². The minimum Gasteiger partial charge on any atom is -0.281 e. The van der Waals surface area contributed by atoms with E-state index < -0.39 is 17.4 Å². The van der Waals surface area contributed by atoms with Gasteiger partial charge in [0.05, 0.1) is 15.7 Å². The van der Waals surface area contributed by atoms with Crippen molar-refractivity contribution in [2.45, 2.75) is 6.04 Å². The van der Waals surface area contributed by atoms with E-state index in [9.17, 15) is 14.1 Å². The van der Waals surface area contributed by atoms with Gasteiger partial charge in [-0.25, -0.2) is 4.39 Å². The van der Waals surface area contributed by atoms with Gasteiger partial charge in [-0.2, -0.15) is 0 Å². The molecule has 0 bridgehead atoms. The Labute approximate surface area is 162 Å². The standard InChI is InChI=1S/C18H10Cl3FN2O2/c19-13-2-1-3-14(20)18(13)24-9-10(4-7-16(24)25)17(23-26)12-6-5-11(22)8-15(12)21/h1-9,17H. The van der Waals surface area contributed by atoms with Gasteiger partial charge >= 0.3 is 0 Å². The van der Waals surface area contributed by atoms with Crippen molar-refractivity contribution in [3.8, 4) is 5.69 Å².